The fourth-order valence-electron chi connectivity index (χ4n) is 6.17. The van der Waals surface area contributed by atoms with E-state index >= 15 is 0 Å². The number of anilines is 1. The van der Waals surface area contributed by atoms with Gasteiger partial charge in [0.25, 0.3) is 0 Å². The van der Waals surface area contributed by atoms with Crippen molar-refractivity contribution in [2.24, 2.45) is 0 Å². The van der Waals surface area contributed by atoms with Gasteiger partial charge in [-0.3, -0.25) is 9.47 Å². The van der Waals surface area contributed by atoms with Crippen molar-refractivity contribution in [1.29, 1.82) is 0 Å². The zero-order valence-corrected chi connectivity index (χ0v) is 29.4. The van der Waals surface area contributed by atoms with E-state index in [0.717, 1.165) is 11.1 Å². The summed E-state index contributed by atoms with van der Waals surface area (Å²) in [4.78, 5) is 29.0. The number of urea groups is 1. The smallest absolute Gasteiger partial charge is 0.315 e. The number of carbonyl (C=O) groups excluding carboxylic acids is 1. The highest BCUT2D eigenvalue weighted by Crippen LogP contribution is 2.33. The Morgan fingerprint density at radius 1 is 0.980 bits per heavy atom. The van der Waals surface area contributed by atoms with Gasteiger partial charge in [0.15, 0.2) is 29.0 Å². The number of fused-ring (bicyclic) bond motifs is 1. The van der Waals surface area contributed by atoms with Crippen LogP contribution in [0.15, 0.2) is 54.9 Å². The zero-order chi connectivity index (χ0) is 35.2. The third kappa shape index (κ3) is 8.79. The fourth-order valence-corrected chi connectivity index (χ4v) is 6.56. The van der Waals surface area contributed by atoms with Crippen molar-refractivity contribution in [2.45, 2.75) is 76.8 Å². The van der Waals surface area contributed by atoms with E-state index in [1.807, 2.05) is 48.5 Å². The van der Waals surface area contributed by atoms with E-state index in [0.29, 0.717) is 58.7 Å². The molecule has 4 atom stereocenters. The van der Waals surface area contributed by atoms with Crippen LogP contribution in [0.25, 0.3) is 11.2 Å². The van der Waals surface area contributed by atoms with Crippen molar-refractivity contribution in [1.82, 2.24) is 35.1 Å². The van der Waals surface area contributed by atoms with Gasteiger partial charge in [0.1, 0.15) is 18.3 Å². The molecule has 6 N–H and O–H groups in total. The lowest BCUT2D eigenvalue weighted by Crippen LogP contribution is -2.44. The second-order valence-electron chi connectivity index (χ2n) is 12.6. The topological polar surface area (TPSA) is 170 Å². The van der Waals surface area contributed by atoms with Gasteiger partial charge in [-0.2, -0.15) is 0 Å². The molecule has 0 bridgehead atoms. The number of hydrogen-bond donors (Lipinski definition) is 6. The van der Waals surface area contributed by atoms with Crippen molar-refractivity contribution in [3.63, 3.8) is 0 Å². The molecule has 2 aromatic carbocycles. The van der Waals surface area contributed by atoms with E-state index in [-0.39, 0.29) is 24.3 Å². The summed E-state index contributed by atoms with van der Waals surface area (Å²) in [5.74, 6) is 0.464. The van der Waals surface area contributed by atoms with Crippen LogP contribution in [0.5, 0.6) is 0 Å². The summed E-state index contributed by atoms with van der Waals surface area (Å²) in [6, 6.07) is 15.5. The molecule has 0 spiro atoms. The van der Waals surface area contributed by atoms with E-state index in [1.54, 1.807) is 0 Å². The molecule has 0 saturated carbocycles. The standard InChI is InChI=1S/C34H44Cl2N8O5/c1-19(2)43(20(3)4)12-11-37-34(48)39-16-27-41-31(28-32(42-27)44(18-40-28)33-30(47)29(46)26(17-45)49-33)38-15-25(21-7-5-9-23(35)13-21)22-8-6-10-24(36)14-22/h5-10,13-14,18-20,25-26,29-30,33,45-47H,11-12,15-17H2,1-4H3,(H2,37,39,48)(H,38,41,42)/t26-,29-,30+,33-/m1/s1. The number of imidazole rings is 1. The van der Waals surface area contributed by atoms with Crippen LogP contribution in [-0.2, 0) is 11.3 Å². The van der Waals surface area contributed by atoms with Crippen LogP contribution in [0.3, 0.4) is 0 Å². The van der Waals surface area contributed by atoms with Crippen molar-refractivity contribution in [3.8, 4) is 0 Å². The van der Waals surface area contributed by atoms with Crippen molar-refractivity contribution in [3.05, 3.63) is 81.9 Å². The first kappa shape index (κ1) is 36.7. The summed E-state index contributed by atoms with van der Waals surface area (Å²) >= 11 is 12.8. The largest absolute Gasteiger partial charge is 0.394 e. The molecule has 5 rings (SSSR count). The third-order valence-corrected chi connectivity index (χ3v) is 9.09. The Bertz CT molecular complexity index is 1670. The van der Waals surface area contributed by atoms with E-state index in [1.165, 1.54) is 10.9 Å². The highest BCUT2D eigenvalue weighted by atomic mass is 35.5. The molecule has 49 heavy (non-hydrogen) atoms. The lowest BCUT2D eigenvalue weighted by atomic mass is 9.91. The molecule has 0 unspecified atom stereocenters. The lowest BCUT2D eigenvalue weighted by molar-refractivity contribution is -0.0511. The van der Waals surface area contributed by atoms with Gasteiger partial charge in [-0.15, -0.1) is 0 Å². The fraction of sp³-hybridized carbons (Fsp3) is 0.471. The number of halogens is 2. The number of aliphatic hydroxyl groups is 3. The Labute approximate surface area is 295 Å². The number of nitrogens with one attached hydrogen (secondary N) is 3. The number of nitrogens with zero attached hydrogens (tertiary/aromatic N) is 5. The molecule has 1 aliphatic rings. The quantitative estimate of drug-likeness (QED) is 0.113. The monoisotopic (exact) mass is 714 g/mol. The Hall–Kier alpha value is -3.56. The molecule has 1 fully saturated rings. The zero-order valence-electron chi connectivity index (χ0n) is 27.9. The predicted octanol–water partition coefficient (Wildman–Crippen LogP) is 3.91. The first-order valence-corrected chi connectivity index (χ1v) is 17.1. The molecule has 0 aliphatic carbocycles. The number of hydrogen-bond acceptors (Lipinski definition) is 10. The van der Waals surface area contributed by atoms with Crippen molar-refractivity contribution >= 4 is 46.2 Å². The van der Waals surface area contributed by atoms with Crippen LogP contribution in [0, 0.1) is 0 Å². The molecule has 264 valence electrons. The van der Waals surface area contributed by atoms with Gasteiger partial charge in [0.2, 0.25) is 0 Å². The Balaban J connectivity index is 1.42. The molecule has 0 radical (unpaired) electrons. The molecule has 13 nitrogen and oxygen atoms in total. The molecule has 4 aromatic rings. The Kier molecular flexibility index (Phi) is 12.3. The van der Waals surface area contributed by atoms with E-state index in [2.05, 4.69) is 58.5 Å². The number of carbonyl (C=O) groups is 1. The maximum absolute atomic E-state index is 12.8. The van der Waals surface area contributed by atoms with E-state index in [4.69, 9.17) is 32.9 Å². The van der Waals surface area contributed by atoms with Crippen LogP contribution < -0.4 is 16.0 Å². The predicted molar refractivity (Wildman–Crippen MR) is 189 cm³/mol. The molecular formula is C34H44Cl2N8O5. The van der Waals surface area contributed by atoms with Crippen molar-refractivity contribution in [2.75, 3.05) is 31.6 Å². The number of aliphatic hydroxyl groups excluding tert-OH is 3. The van der Waals surface area contributed by atoms with Crippen LogP contribution in [0.1, 0.15) is 56.8 Å². The van der Waals surface area contributed by atoms with E-state index in [9.17, 15) is 20.1 Å². The summed E-state index contributed by atoms with van der Waals surface area (Å²) in [5, 5.41) is 41.2. The third-order valence-electron chi connectivity index (χ3n) is 8.62. The maximum Gasteiger partial charge on any atom is 0.315 e. The van der Waals surface area contributed by atoms with Gasteiger partial charge < -0.3 is 36.0 Å². The normalized spacial score (nSPS) is 19.4. The number of amides is 2. The minimum Gasteiger partial charge on any atom is -0.394 e. The Morgan fingerprint density at radius 3 is 2.20 bits per heavy atom. The maximum atomic E-state index is 12.8. The average Bonchev–Trinajstić information content (AvgIpc) is 3.61. The lowest BCUT2D eigenvalue weighted by Gasteiger charge is -2.30. The average molecular weight is 716 g/mol. The highest BCUT2D eigenvalue weighted by molar-refractivity contribution is 6.31. The highest BCUT2D eigenvalue weighted by Gasteiger charge is 2.44. The minimum atomic E-state index is -1.35. The van der Waals surface area contributed by atoms with Crippen LogP contribution in [0.4, 0.5) is 10.6 Å². The minimum absolute atomic E-state index is 0.0122. The Morgan fingerprint density at radius 2 is 1.63 bits per heavy atom. The number of aromatic nitrogens is 4. The second kappa shape index (κ2) is 16.4. The van der Waals surface area contributed by atoms with Crippen LogP contribution in [-0.4, -0.2) is 102 Å². The molecule has 2 amide bonds. The molecule has 1 saturated heterocycles. The second-order valence-corrected chi connectivity index (χ2v) is 13.5. The number of benzene rings is 2. The molecular weight excluding hydrogens is 671 g/mol. The molecule has 3 heterocycles. The number of ether oxygens (including phenoxy) is 1. The molecule has 1 aliphatic heterocycles. The van der Waals surface area contributed by atoms with Crippen molar-refractivity contribution < 1.29 is 24.9 Å². The first-order valence-electron chi connectivity index (χ1n) is 16.3. The van der Waals surface area contributed by atoms with Gasteiger partial charge in [-0.05, 0) is 63.1 Å². The first-order chi connectivity index (χ1) is 23.5. The van der Waals surface area contributed by atoms with Crippen LogP contribution in [0.2, 0.25) is 10.0 Å². The summed E-state index contributed by atoms with van der Waals surface area (Å²) in [5.41, 5.74) is 2.59. The van der Waals surface area contributed by atoms with Gasteiger partial charge in [-0.25, -0.2) is 19.7 Å². The van der Waals surface area contributed by atoms with Gasteiger partial charge >= 0.3 is 6.03 Å². The molecule has 2 aromatic heterocycles. The van der Waals surface area contributed by atoms with Crippen LogP contribution >= 0.6 is 23.2 Å². The summed E-state index contributed by atoms with van der Waals surface area (Å²) in [6.07, 6.45) is -3.27. The molecule has 15 heteroatoms. The summed E-state index contributed by atoms with van der Waals surface area (Å²) in [6.45, 7) is 9.52. The number of rotatable bonds is 14. The van der Waals surface area contributed by atoms with Gasteiger partial charge in [0.05, 0.1) is 19.5 Å². The van der Waals surface area contributed by atoms with Gasteiger partial charge in [0, 0.05) is 47.7 Å². The summed E-state index contributed by atoms with van der Waals surface area (Å²) in [7, 11) is 0. The summed E-state index contributed by atoms with van der Waals surface area (Å²) < 4.78 is 7.28. The van der Waals surface area contributed by atoms with E-state index < -0.39 is 31.1 Å². The van der Waals surface area contributed by atoms with Gasteiger partial charge in [-0.1, -0.05) is 47.5 Å². The SMILES string of the molecule is CC(C)N(CCNC(=O)NCc1nc(NCC(c2cccc(Cl)c2)c2cccc(Cl)c2)c2ncn([C@@H]3O[C@H](CO)[C@@H](O)[C@@H]3O)c2n1)C(C)C.